The van der Waals surface area contributed by atoms with Crippen LogP contribution in [0, 0.1) is 5.82 Å². The molecule has 0 aliphatic rings. The van der Waals surface area contributed by atoms with Gasteiger partial charge >= 0.3 is 0 Å². The number of hydrogen-bond acceptors (Lipinski definition) is 4. The molecule has 100 valence electrons. The van der Waals surface area contributed by atoms with Crippen molar-refractivity contribution in [1.29, 1.82) is 0 Å². The van der Waals surface area contributed by atoms with Crippen molar-refractivity contribution in [2.75, 3.05) is 0 Å². The number of para-hydroxylation sites is 1. The lowest BCUT2D eigenvalue weighted by Gasteiger charge is -2.08. The van der Waals surface area contributed by atoms with E-state index in [1.165, 1.54) is 10.7 Å². The van der Waals surface area contributed by atoms with Crippen LogP contribution < -0.4 is 5.73 Å². The molecule has 5 nitrogen and oxygen atoms in total. The third kappa shape index (κ3) is 2.06. The third-order valence-electron chi connectivity index (χ3n) is 2.95. The molecule has 0 spiro atoms. The molecule has 20 heavy (non-hydrogen) atoms. The lowest BCUT2D eigenvalue weighted by Crippen LogP contribution is -2.04. The van der Waals surface area contributed by atoms with Gasteiger partial charge in [0.2, 0.25) is 0 Å². The second-order valence-electron chi connectivity index (χ2n) is 4.19. The van der Waals surface area contributed by atoms with E-state index in [-0.39, 0.29) is 12.4 Å². The van der Waals surface area contributed by atoms with Crippen molar-refractivity contribution >= 4 is 0 Å². The quantitative estimate of drug-likeness (QED) is 0.788. The number of hydrogen-bond donors (Lipinski definition) is 1. The van der Waals surface area contributed by atoms with Crippen LogP contribution in [-0.2, 0) is 6.54 Å². The second-order valence-corrected chi connectivity index (χ2v) is 4.19. The topological polar surface area (TPSA) is 69.6 Å². The zero-order chi connectivity index (χ0) is 13.9. The van der Waals surface area contributed by atoms with Crippen LogP contribution in [0.4, 0.5) is 4.39 Å². The molecule has 0 saturated carbocycles. The smallest absolute Gasteiger partial charge is 0.148 e. The van der Waals surface area contributed by atoms with Crippen LogP contribution in [0.3, 0.4) is 0 Å². The fourth-order valence-corrected chi connectivity index (χ4v) is 2.03. The Labute approximate surface area is 114 Å². The third-order valence-corrected chi connectivity index (χ3v) is 2.95. The number of nitrogens with two attached hydrogens (primary N) is 1. The van der Waals surface area contributed by atoms with Crippen molar-refractivity contribution in [3.8, 4) is 16.9 Å². The standard InChI is InChI=1S/C14H12FN5/c15-11-5-1-2-6-13(11)20-14(12(8-16)18-19-20)10-4-3-7-17-9-10/h1-7,9H,8,16H2. The molecule has 0 radical (unpaired) electrons. The molecular weight excluding hydrogens is 257 g/mol. The Morgan fingerprint density at radius 2 is 2.00 bits per heavy atom. The Hall–Kier alpha value is -2.60. The molecule has 2 heterocycles. The molecule has 0 saturated heterocycles. The van der Waals surface area contributed by atoms with Gasteiger partial charge in [-0.2, -0.15) is 0 Å². The van der Waals surface area contributed by atoms with Gasteiger partial charge in [-0.05, 0) is 24.3 Å². The van der Waals surface area contributed by atoms with Crippen molar-refractivity contribution in [2.24, 2.45) is 5.73 Å². The molecular formula is C14H12FN5. The molecule has 3 aromatic rings. The van der Waals surface area contributed by atoms with Crippen molar-refractivity contribution < 1.29 is 4.39 Å². The van der Waals surface area contributed by atoms with Crippen molar-refractivity contribution in [1.82, 2.24) is 20.0 Å². The highest BCUT2D eigenvalue weighted by molar-refractivity contribution is 5.63. The van der Waals surface area contributed by atoms with Crippen LogP contribution in [0.15, 0.2) is 48.8 Å². The molecule has 1 aromatic carbocycles. The number of rotatable bonds is 3. The van der Waals surface area contributed by atoms with E-state index >= 15 is 0 Å². The van der Waals surface area contributed by atoms with Gasteiger partial charge in [0.25, 0.3) is 0 Å². The van der Waals surface area contributed by atoms with Gasteiger partial charge in [0.1, 0.15) is 22.9 Å². The summed E-state index contributed by atoms with van der Waals surface area (Å²) in [7, 11) is 0. The largest absolute Gasteiger partial charge is 0.325 e. The normalized spacial score (nSPS) is 10.7. The summed E-state index contributed by atoms with van der Waals surface area (Å²) < 4.78 is 15.4. The van der Waals surface area contributed by atoms with Gasteiger partial charge in [-0.1, -0.05) is 17.3 Å². The number of halogens is 1. The molecule has 0 amide bonds. The lowest BCUT2D eigenvalue weighted by molar-refractivity contribution is 0.608. The number of pyridine rings is 1. The van der Waals surface area contributed by atoms with Crippen LogP contribution in [0.5, 0.6) is 0 Å². The average Bonchev–Trinajstić information content (AvgIpc) is 2.92. The van der Waals surface area contributed by atoms with E-state index in [0.29, 0.717) is 17.1 Å². The van der Waals surface area contributed by atoms with E-state index in [0.717, 1.165) is 5.56 Å². The predicted octanol–water partition coefficient (Wildman–Crippen LogP) is 1.93. The van der Waals surface area contributed by atoms with Gasteiger partial charge in [-0.3, -0.25) is 4.98 Å². The van der Waals surface area contributed by atoms with E-state index < -0.39 is 0 Å². The van der Waals surface area contributed by atoms with E-state index in [1.54, 1.807) is 36.7 Å². The Kier molecular flexibility index (Phi) is 3.22. The Morgan fingerprint density at radius 1 is 1.15 bits per heavy atom. The molecule has 0 aliphatic carbocycles. The molecule has 3 rings (SSSR count). The van der Waals surface area contributed by atoms with E-state index in [1.807, 2.05) is 6.07 Å². The van der Waals surface area contributed by atoms with E-state index in [4.69, 9.17) is 5.73 Å². The minimum atomic E-state index is -0.369. The Balaban J connectivity index is 2.24. The summed E-state index contributed by atoms with van der Waals surface area (Å²) in [5.74, 6) is -0.369. The maximum Gasteiger partial charge on any atom is 0.148 e. The summed E-state index contributed by atoms with van der Waals surface area (Å²) in [6.45, 7) is 0.221. The summed E-state index contributed by atoms with van der Waals surface area (Å²) in [4.78, 5) is 4.07. The maximum atomic E-state index is 13.9. The van der Waals surface area contributed by atoms with Gasteiger partial charge in [0.05, 0.1) is 0 Å². The highest BCUT2D eigenvalue weighted by atomic mass is 19.1. The van der Waals surface area contributed by atoms with Gasteiger partial charge in [0.15, 0.2) is 0 Å². The first-order valence-electron chi connectivity index (χ1n) is 6.11. The van der Waals surface area contributed by atoms with Crippen molar-refractivity contribution in [3.05, 3.63) is 60.3 Å². The number of nitrogens with zero attached hydrogens (tertiary/aromatic N) is 4. The summed E-state index contributed by atoms with van der Waals surface area (Å²) in [5, 5.41) is 8.04. The van der Waals surface area contributed by atoms with Gasteiger partial charge in [-0.15, -0.1) is 5.10 Å². The molecule has 0 unspecified atom stereocenters. The summed E-state index contributed by atoms with van der Waals surface area (Å²) >= 11 is 0. The number of aromatic nitrogens is 4. The summed E-state index contributed by atoms with van der Waals surface area (Å²) in [6, 6.07) is 10.1. The molecule has 0 atom stereocenters. The monoisotopic (exact) mass is 269 g/mol. The van der Waals surface area contributed by atoms with E-state index in [2.05, 4.69) is 15.3 Å². The minimum Gasteiger partial charge on any atom is -0.325 e. The van der Waals surface area contributed by atoms with E-state index in [9.17, 15) is 4.39 Å². The molecule has 2 N–H and O–H groups in total. The highest BCUT2D eigenvalue weighted by Gasteiger charge is 2.17. The molecule has 6 heteroatoms. The van der Waals surface area contributed by atoms with Crippen LogP contribution >= 0.6 is 0 Å². The molecule has 0 fully saturated rings. The van der Waals surface area contributed by atoms with Crippen LogP contribution in [0.25, 0.3) is 16.9 Å². The van der Waals surface area contributed by atoms with Crippen LogP contribution in [0.2, 0.25) is 0 Å². The fraction of sp³-hybridized carbons (Fsp3) is 0.0714. The molecule has 0 bridgehead atoms. The van der Waals surface area contributed by atoms with Crippen molar-refractivity contribution in [3.63, 3.8) is 0 Å². The highest BCUT2D eigenvalue weighted by Crippen LogP contribution is 2.25. The zero-order valence-electron chi connectivity index (χ0n) is 10.6. The second kappa shape index (κ2) is 5.18. The van der Waals surface area contributed by atoms with Crippen LogP contribution in [-0.4, -0.2) is 20.0 Å². The fourth-order valence-electron chi connectivity index (χ4n) is 2.03. The summed E-state index contributed by atoms with van der Waals surface area (Å²) in [6.07, 6.45) is 3.35. The average molecular weight is 269 g/mol. The van der Waals surface area contributed by atoms with Crippen LogP contribution in [0.1, 0.15) is 5.69 Å². The zero-order valence-corrected chi connectivity index (χ0v) is 10.6. The molecule has 2 aromatic heterocycles. The predicted molar refractivity (Wildman–Crippen MR) is 72.4 cm³/mol. The summed E-state index contributed by atoms with van der Waals surface area (Å²) in [5.41, 5.74) is 8.07. The van der Waals surface area contributed by atoms with Crippen molar-refractivity contribution in [2.45, 2.75) is 6.54 Å². The minimum absolute atomic E-state index is 0.221. The van der Waals surface area contributed by atoms with Gasteiger partial charge < -0.3 is 5.73 Å². The first-order valence-corrected chi connectivity index (χ1v) is 6.11. The maximum absolute atomic E-state index is 13.9. The Morgan fingerprint density at radius 3 is 2.70 bits per heavy atom. The number of benzene rings is 1. The molecule has 0 aliphatic heterocycles. The SMILES string of the molecule is NCc1nnn(-c2ccccc2F)c1-c1cccnc1. The first kappa shape index (κ1) is 12.4. The van der Waals surface area contributed by atoms with Gasteiger partial charge in [-0.25, -0.2) is 9.07 Å². The lowest BCUT2D eigenvalue weighted by atomic mass is 10.1. The first-order chi connectivity index (χ1) is 9.81. The van der Waals surface area contributed by atoms with Gasteiger partial charge in [0, 0.05) is 24.5 Å². The Bertz CT molecular complexity index is 723.